The van der Waals surface area contributed by atoms with E-state index in [-0.39, 0.29) is 31.1 Å². The van der Waals surface area contributed by atoms with Crippen molar-refractivity contribution in [3.8, 4) is 0 Å². The third-order valence-corrected chi connectivity index (χ3v) is 13.9. The molecular weight excluding hydrogens is 913 g/mol. The molecule has 0 aliphatic heterocycles. The van der Waals surface area contributed by atoms with E-state index in [0.717, 1.165) is 89.9 Å². The van der Waals surface area contributed by atoms with Crippen molar-refractivity contribution < 1.29 is 28.6 Å². The predicted octanol–water partition coefficient (Wildman–Crippen LogP) is 21.7. The van der Waals surface area contributed by atoms with Crippen LogP contribution in [0, 0.1) is 0 Å². The summed E-state index contributed by atoms with van der Waals surface area (Å²) < 4.78 is 16.9. The van der Waals surface area contributed by atoms with E-state index in [0.29, 0.717) is 19.3 Å². The zero-order chi connectivity index (χ0) is 53.6. The van der Waals surface area contributed by atoms with E-state index in [2.05, 4.69) is 93.7 Å². The SMILES string of the molecule is CCCCCC/C=C\C/C=C\CCCCCCCCCC(=O)OC(COC(=O)CCCCCCCC/C=C\C/C=C\C/C=C\CCCCCCC)COC(=O)CCCCCCCCC/C=C\CCCCCCCC. The summed E-state index contributed by atoms with van der Waals surface area (Å²) in [6.45, 7) is 6.62. The zero-order valence-corrected chi connectivity index (χ0v) is 49.1. The molecule has 428 valence electrons. The van der Waals surface area contributed by atoms with Crippen LogP contribution < -0.4 is 0 Å². The van der Waals surface area contributed by atoms with E-state index in [4.69, 9.17) is 14.2 Å². The van der Waals surface area contributed by atoms with E-state index in [1.165, 1.54) is 193 Å². The standard InChI is InChI=1S/C68H120O6/c1-4-7-10-13-16-19-22-25-28-31-33-34-35-38-40-43-46-49-52-55-58-61-67(70)73-64-65(63-72-66(69)60-57-54-51-48-45-42-39-36-30-27-24-21-18-15-12-9-6-3)74-68(71)62-59-56-53-50-47-44-41-37-32-29-26-23-20-17-14-11-8-5-2/h20,22-23,25,27,29-33,35,38,65H,4-19,21,24,26,28,34,36-37,39-64H2,1-3H3/b23-20-,25-22-,30-27-,32-29-,33-31-,38-35-. The van der Waals surface area contributed by atoms with Crippen molar-refractivity contribution in [2.24, 2.45) is 0 Å². The molecule has 0 aromatic carbocycles. The van der Waals surface area contributed by atoms with Gasteiger partial charge in [0.1, 0.15) is 13.2 Å². The van der Waals surface area contributed by atoms with E-state index in [1.54, 1.807) is 0 Å². The highest BCUT2D eigenvalue weighted by atomic mass is 16.6. The average molecular weight is 1030 g/mol. The van der Waals surface area contributed by atoms with Gasteiger partial charge in [-0.3, -0.25) is 14.4 Å². The van der Waals surface area contributed by atoms with Crippen LogP contribution in [0.2, 0.25) is 0 Å². The van der Waals surface area contributed by atoms with Crippen LogP contribution in [0.3, 0.4) is 0 Å². The second-order valence-corrected chi connectivity index (χ2v) is 21.3. The van der Waals surface area contributed by atoms with E-state index < -0.39 is 6.10 Å². The van der Waals surface area contributed by atoms with Gasteiger partial charge in [-0.05, 0) is 116 Å². The Bertz CT molecular complexity index is 1370. The lowest BCUT2D eigenvalue weighted by molar-refractivity contribution is -0.167. The molecular formula is C68H120O6. The number of hydrogen-bond donors (Lipinski definition) is 0. The number of unbranched alkanes of at least 4 members (excludes halogenated alkanes) is 35. The first kappa shape index (κ1) is 70.8. The molecule has 0 heterocycles. The minimum Gasteiger partial charge on any atom is -0.462 e. The first-order valence-corrected chi connectivity index (χ1v) is 31.9. The summed E-state index contributed by atoms with van der Waals surface area (Å²) in [5, 5.41) is 0. The van der Waals surface area contributed by atoms with Gasteiger partial charge in [-0.25, -0.2) is 0 Å². The summed E-state index contributed by atoms with van der Waals surface area (Å²) in [5.41, 5.74) is 0. The number of carbonyl (C=O) groups excluding carboxylic acids is 3. The molecule has 0 aliphatic carbocycles. The Morgan fingerprint density at radius 3 is 0.784 bits per heavy atom. The lowest BCUT2D eigenvalue weighted by atomic mass is 10.1. The summed E-state index contributed by atoms with van der Waals surface area (Å²) in [7, 11) is 0. The van der Waals surface area contributed by atoms with Gasteiger partial charge in [0.25, 0.3) is 0 Å². The van der Waals surface area contributed by atoms with Crippen molar-refractivity contribution in [2.75, 3.05) is 13.2 Å². The molecule has 0 fully saturated rings. The summed E-state index contributed by atoms with van der Waals surface area (Å²) >= 11 is 0. The lowest BCUT2D eigenvalue weighted by Crippen LogP contribution is -2.30. The Morgan fingerprint density at radius 2 is 0.486 bits per heavy atom. The van der Waals surface area contributed by atoms with Gasteiger partial charge < -0.3 is 14.2 Å². The molecule has 0 rings (SSSR count). The van der Waals surface area contributed by atoms with Crippen molar-refractivity contribution >= 4 is 17.9 Å². The quantitative estimate of drug-likeness (QED) is 0.0261. The molecule has 1 unspecified atom stereocenters. The number of hydrogen-bond acceptors (Lipinski definition) is 6. The van der Waals surface area contributed by atoms with Crippen LogP contribution in [0.4, 0.5) is 0 Å². The number of esters is 3. The number of ether oxygens (including phenoxy) is 3. The van der Waals surface area contributed by atoms with Crippen molar-refractivity contribution in [1.29, 1.82) is 0 Å². The van der Waals surface area contributed by atoms with Crippen LogP contribution in [0.15, 0.2) is 72.9 Å². The summed E-state index contributed by atoms with van der Waals surface area (Å²) in [6, 6.07) is 0. The van der Waals surface area contributed by atoms with E-state index in [9.17, 15) is 14.4 Å². The van der Waals surface area contributed by atoms with Gasteiger partial charge in [-0.1, -0.05) is 261 Å². The van der Waals surface area contributed by atoms with Gasteiger partial charge in [0.2, 0.25) is 0 Å². The van der Waals surface area contributed by atoms with Gasteiger partial charge in [0, 0.05) is 19.3 Å². The fraction of sp³-hybridized carbons (Fsp3) is 0.779. The van der Waals surface area contributed by atoms with Crippen LogP contribution in [0.1, 0.15) is 323 Å². The Hall–Kier alpha value is -3.15. The molecule has 6 heteroatoms. The number of allylic oxidation sites excluding steroid dienone is 12. The van der Waals surface area contributed by atoms with Crippen LogP contribution in [-0.2, 0) is 28.6 Å². The third kappa shape index (κ3) is 59.7. The Kier molecular flexibility index (Phi) is 59.7. The molecule has 74 heavy (non-hydrogen) atoms. The normalized spacial score (nSPS) is 12.5. The van der Waals surface area contributed by atoms with Crippen LogP contribution in [0.5, 0.6) is 0 Å². The molecule has 0 N–H and O–H groups in total. The van der Waals surface area contributed by atoms with Gasteiger partial charge in [-0.15, -0.1) is 0 Å². The maximum absolute atomic E-state index is 12.9. The van der Waals surface area contributed by atoms with Crippen LogP contribution in [-0.4, -0.2) is 37.2 Å². The zero-order valence-electron chi connectivity index (χ0n) is 49.1. The monoisotopic (exact) mass is 1030 g/mol. The minimum atomic E-state index is -0.789. The van der Waals surface area contributed by atoms with Crippen molar-refractivity contribution in [3.63, 3.8) is 0 Å². The molecule has 0 aromatic heterocycles. The second kappa shape index (κ2) is 62.4. The molecule has 0 amide bonds. The lowest BCUT2D eigenvalue weighted by Gasteiger charge is -2.18. The molecule has 0 saturated carbocycles. The highest BCUT2D eigenvalue weighted by Crippen LogP contribution is 2.16. The summed E-state index contributed by atoms with van der Waals surface area (Å²) in [5.74, 6) is -0.895. The first-order chi connectivity index (χ1) is 36.5. The highest BCUT2D eigenvalue weighted by Gasteiger charge is 2.19. The predicted molar refractivity (Wildman–Crippen MR) is 321 cm³/mol. The van der Waals surface area contributed by atoms with E-state index in [1.807, 2.05) is 0 Å². The number of rotatable bonds is 58. The smallest absolute Gasteiger partial charge is 0.306 e. The highest BCUT2D eigenvalue weighted by molar-refractivity contribution is 5.71. The van der Waals surface area contributed by atoms with Gasteiger partial charge in [0.05, 0.1) is 0 Å². The van der Waals surface area contributed by atoms with Gasteiger partial charge in [0.15, 0.2) is 6.10 Å². The number of carbonyl (C=O) groups is 3. The largest absolute Gasteiger partial charge is 0.462 e. The maximum Gasteiger partial charge on any atom is 0.306 e. The Labute approximate surface area is 459 Å². The summed E-state index contributed by atoms with van der Waals surface area (Å²) in [6.07, 6.45) is 80.4. The van der Waals surface area contributed by atoms with E-state index >= 15 is 0 Å². The molecule has 0 bridgehead atoms. The van der Waals surface area contributed by atoms with Crippen molar-refractivity contribution in [2.45, 2.75) is 329 Å². The fourth-order valence-electron chi connectivity index (χ4n) is 9.06. The first-order valence-electron chi connectivity index (χ1n) is 31.9. The molecule has 0 radical (unpaired) electrons. The van der Waals surface area contributed by atoms with Crippen molar-refractivity contribution in [1.82, 2.24) is 0 Å². The molecule has 1 atom stereocenters. The second-order valence-electron chi connectivity index (χ2n) is 21.3. The van der Waals surface area contributed by atoms with Crippen LogP contribution >= 0.6 is 0 Å². The summed E-state index contributed by atoms with van der Waals surface area (Å²) in [4.78, 5) is 38.3. The molecule has 0 aromatic rings. The molecule has 0 aliphatic rings. The molecule has 0 saturated heterocycles. The van der Waals surface area contributed by atoms with Gasteiger partial charge in [-0.2, -0.15) is 0 Å². The van der Waals surface area contributed by atoms with Gasteiger partial charge >= 0.3 is 17.9 Å². The van der Waals surface area contributed by atoms with Crippen molar-refractivity contribution in [3.05, 3.63) is 72.9 Å². The Morgan fingerprint density at radius 1 is 0.270 bits per heavy atom. The minimum absolute atomic E-state index is 0.0842. The topological polar surface area (TPSA) is 78.9 Å². The average Bonchev–Trinajstić information content (AvgIpc) is 3.40. The molecule has 0 spiro atoms. The third-order valence-electron chi connectivity index (χ3n) is 13.9. The molecule has 6 nitrogen and oxygen atoms in total. The Balaban J connectivity index is 4.41. The maximum atomic E-state index is 12.9. The fourth-order valence-corrected chi connectivity index (χ4v) is 9.06. The van der Waals surface area contributed by atoms with Crippen LogP contribution in [0.25, 0.3) is 0 Å².